The van der Waals surface area contributed by atoms with Crippen LogP contribution >= 0.6 is 23.2 Å². The van der Waals surface area contributed by atoms with Gasteiger partial charge < -0.3 is 10.6 Å². The molecule has 3 aromatic rings. The molecule has 2 amide bonds. The van der Waals surface area contributed by atoms with E-state index in [1.54, 1.807) is 36.4 Å². The second-order valence-corrected chi connectivity index (χ2v) is 7.91. The lowest BCUT2D eigenvalue weighted by Crippen LogP contribution is -2.21. The van der Waals surface area contributed by atoms with Gasteiger partial charge in [0.05, 0.1) is 0 Å². The lowest BCUT2D eigenvalue weighted by molar-refractivity contribution is -0.117. The predicted octanol–water partition coefficient (Wildman–Crippen LogP) is 5.65. The van der Waals surface area contributed by atoms with Crippen LogP contribution in [0.4, 0.5) is 0 Å². The molecule has 0 fully saturated rings. The maximum absolute atomic E-state index is 12.1. The summed E-state index contributed by atoms with van der Waals surface area (Å²) in [6.07, 6.45) is 6.37. The van der Waals surface area contributed by atoms with E-state index in [4.69, 9.17) is 23.2 Å². The molecule has 0 unspecified atom stereocenters. The fourth-order valence-electron chi connectivity index (χ4n) is 2.91. The fourth-order valence-corrected chi connectivity index (χ4v) is 3.31. The molecule has 0 aliphatic rings. The molecule has 0 spiro atoms. The van der Waals surface area contributed by atoms with Crippen molar-refractivity contribution in [2.45, 2.75) is 13.1 Å². The summed E-state index contributed by atoms with van der Waals surface area (Å²) in [5, 5.41) is 6.95. The van der Waals surface area contributed by atoms with Crippen LogP contribution < -0.4 is 10.6 Å². The number of halogens is 2. The first kappa shape index (κ1) is 23.3. The third-order valence-electron chi connectivity index (χ3n) is 4.48. The van der Waals surface area contributed by atoms with Gasteiger partial charge in [-0.05, 0) is 58.7 Å². The van der Waals surface area contributed by atoms with Crippen LogP contribution in [0.5, 0.6) is 0 Å². The van der Waals surface area contributed by atoms with Crippen molar-refractivity contribution in [1.29, 1.82) is 0 Å². The molecule has 0 radical (unpaired) electrons. The van der Waals surface area contributed by atoms with E-state index in [9.17, 15) is 9.59 Å². The van der Waals surface area contributed by atoms with Crippen LogP contribution in [0.15, 0.2) is 84.9 Å². The summed E-state index contributed by atoms with van der Waals surface area (Å²) < 4.78 is 0. The van der Waals surface area contributed by atoms with E-state index in [-0.39, 0.29) is 11.8 Å². The smallest absolute Gasteiger partial charge is 0.244 e. The van der Waals surface area contributed by atoms with Crippen LogP contribution in [0.2, 0.25) is 10.0 Å². The quantitative estimate of drug-likeness (QED) is 0.423. The van der Waals surface area contributed by atoms with Crippen LogP contribution in [0.1, 0.15) is 22.3 Å². The maximum Gasteiger partial charge on any atom is 0.244 e. The van der Waals surface area contributed by atoms with Gasteiger partial charge in [-0.25, -0.2) is 0 Å². The molecular formula is C26H22Cl2N2O2. The normalized spacial score (nSPS) is 11.1. The summed E-state index contributed by atoms with van der Waals surface area (Å²) in [5.41, 5.74) is 3.59. The minimum atomic E-state index is -0.199. The van der Waals surface area contributed by atoms with Crippen molar-refractivity contribution < 1.29 is 9.59 Å². The fraction of sp³-hybridized carbons (Fsp3) is 0.0769. The van der Waals surface area contributed by atoms with Crippen molar-refractivity contribution in [2.75, 3.05) is 0 Å². The van der Waals surface area contributed by atoms with E-state index in [1.807, 2.05) is 48.5 Å². The van der Waals surface area contributed by atoms with Gasteiger partial charge in [0.1, 0.15) is 0 Å². The maximum atomic E-state index is 12.1. The zero-order chi connectivity index (χ0) is 22.8. The number of rotatable bonds is 8. The third-order valence-corrected chi connectivity index (χ3v) is 4.95. The SMILES string of the molecule is O=C(C=Cc1cccc(Cl)c1)NCc1cccc(CNC(=O)C=Cc2cccc(Cl)c2)c1. The second-order valence-electron chi connectivity index (χ2n) is 7.03. The highest BCUT2D eigenvalue weighted by Crippen LogP contribution is 2.13. The molecule has 0 aliphatic carbocycles. The van der Waals surface area contributed by atoms with Crippen LogP contribution in [-0.4, -0.2) is 11.8 Å². The van der Waals surface area contributed by atoms with Gasteiger partial charge in [0.2, 0.25) is 11.8 Å². The molecule has 32 heavy (non-hydrogen) atoms. The van der Waals surface area contributed by atoms with Crippen LogP contribution in [-0.2, 0) is 22.7 Å². The molecule has 0 aromatic heterocycles. The number of amides is 2. The Kier molecular flexibility index (Phi) is 8.67. The number of hydrogen-bond donors (Lipinski definition) is 2. The Morgan fingerprint density at radius 3 is 1.53 bits per heavy atom. The molecule has 0 saturated heterocycles. The van der Waals surface area contributed by atoms with Gasteiger partial charge in [-0.3, -0.25) is 9.59 Å². The summed E-state index contributed by atoms with van der Waals surface area (Å²) in [7, 11) is 0. The Hall–Kier alpha value is -3.34. The van der Waals surface area contributed by atoms with Gasteiger partial charge in [-0.2, -0.15) is 0 Å². The standard InChI is InChI=1S/C26H22Cl2N2O2/c27-23-8-2-4-19(15-23)10-12-25(31)29-17-21-6-1-7-22(14-21)18-30-26(32)13-11-20-5-3-9-24(28)16-20/h1-16H,17-18H2,(H,29,31)(H,30,32). The highest BCUT2D eigenvalue weighted by Gasteiger charge is 2.01. The first-order valence-electron chi connectivity index (χ1n) is 9.99. The third kappa shape index (κ3) is 8.06. The van der Waals surface area contributed by atoms with Gasteiger partial charge in [0.15, 0.2) is 0 Å². The molecule has 3 rings (SSSR count). The van der Waals surface area contributed by atoms with Crippen molar-refractivity contribution in [3.8, 4) is 0 Å². The van der Waals surface area contributed by atoms with E-state index in [1.165, 1.54) is 12.2 Å². The zero-order valence-electron chi connectivity index (χ0n) is 17.2. The van der Waals surface area contributed by atoms with E-state index in [0.29, 0.717) is 23.1 Å². The van der Waals surface area contributed by atoms with Crippen molar-refractivity contribution >= 4 is 47.2 Å². The van der Waals surface area contributed by atoms with Crippen molar-refractivity contribution in [3.05, 3.63) is 117 Å². The highest BCUT2D eigenvalue weighted by atomic mass is 35.5. The summed E-state index contributed by atoms with van der Waals surface area (Å²) in [5.74, 6) is -0.398. The largest absolute Gasteiger partial charge is 0.348 e. The van der Waals surface area contributed by atoms with Crippen molar-refractivity contribution in [1.82, 2.24) is 10.6 Å². The van der Waals surface area contributed by atoms with E-state index in [0.717, 1.165) is 22.3 Å². The zero-order valence-corrected chi connectivity index (χ0v) is 18.7. The van der Waals surface area contributed by atoms with Crippen molar-refractivity contribution in [3.63, 3.8) is 0 Å². The highest BCUT2D eigenvalue weighted by molar-refractivity contribution is 6.31. The molecule has 0 heterocycles. The molecular weight excluding hydrogens is 443 g/mol. The Bertz CT molecular complexity index is 1070. The molecule has 0 bridgehead atoms. The van der Waals surface area contributed by atoms with Gasteiger partial charge in [0, 0.05) is 35.3 Å². The number of hydrogen-bond acceptors (Lipinski definition) is 2. The number of carbonyl (C=O) groups excluding carboxylic acids is 2. The second kappa shape index (κ2) is 11.9. The Morgan fingerprint density at radius 2 is 1.09 bits per heavy atom. The molecule has 6 heteroatoms. The first-order chi connectivity index (χ1) is 15.5. The minimum absolute atomic E-state index is 0.199. The number of carbonyl (C=O) groups is 2. The molecule has 0 saturated carbocycles. The lowest BCUT2D eigenvalue weighted by Gasteiger charge is -2.07. The van der Waals surface area contributed by atoms with Crippen molar-refractivity contribution in [2.24, 2.45) is 0 Å². The lowest BCUT2D eigenvalue weighted by atomic mass is 10.1. The van der Waals surface area contributed by atoms with Crippen LogP contribution in [0.3, 0.4) is 0 Å². The van der Waals surface area contributed by atoms with E-state index >= 15 is 0 Å². The topological polar surface area (TPSA) is 58.2 Å². The average Bonchev–Trinajstić information content (AvgIpc) is 2.79. The summed E-state index contributed by atoms with van der Waals surface area (Å²) >= 11 is 11.9. The monoisotopic (exact) mass is 464 g/mol. The molecule has 162 valence electrons. The molecule has 3 aromatic carbocycles. The minimum Gasteiger partial charge on any atom is -0.348 e. The summed E-state index contributed by atoms with van der Waals surface area (Å²) in [6, 6.07) is 22.2. The number of benzene rings is 3. The Morgan fingerprint density at radius 1 is 0.656 bits per heavy atom. The van der Waals surface area contributed by atoms with Gasteiger partial charge >= 0.3 is 0 Å². The molecule has 2 N–H and O–H groups in total. The molecule has 0 aliphatic heterocycles. The van der Waals surface area contributed by atoms with E-state index in [2.05, 4.69) is 10.6 Å². The molecule has 4 nitrogen and oxygen atoms in total. The first-order valence-corrected chi connectivity index (χ1v) is 10.7. The average molecular weight is 465 g/mol. The Balaban J connectivity index is 1.47. The van der Waals surface area contributed by atoms with Gasteiger partial charge in [0.25, 0.3) is 0 Å². The predicted molar refractivity (Wildman–Crippen MR) is 131 cm³/mol. The summed E-state index contributed by atoms with van der Waals surface area (Å²) in [4.78, 5) is 24.2. The van der Waals surface area contributed by atoms with E-state index < -0.39 is 0 Å². The van der Waals surface area contributed by atoms with Crippen LogP contribution in [0, 0.1) is 0 Å². The van der Waals surface area contributed by atoms with Gasteiger partial charge in [-0.1, -0.05) is 71.7 Å². The Labute approximate surface area is 197 Å². The summed E-state index contributed by atoms with van der Waals surface area (Å²) in [6.45, 7) is 0.768. The van der Waals surface area contributed by atoms with Gasteiger partial charge in [-0.15, -0.1) is 0 Å². The van der Waals surface area contributed by atoms with Crippen LogP contribution in [0.25, 0.3) is 12.2 Å². The molecule has 0 atom stereocenters. The number of nitrogens with one attached hydrogen (secondary N) is 2.